The predicted molar refractivity (Wildman–Crippen MR) is 74.7 cm³/mol. The molecule has 0 amide bonds. The van der Waals surface area contributed by atoms with E-state index in [1.54, 1.807) is 0 Å². The number of rotatable bonds is 2. The van der Waals surface area contributed by atoms with E-state index in [0.717, 1.165) is 30.6 Å². The Morgan fingerprint density at radius 1 is 1.32 bits per heavy atom. The Bertz CT molecular complexity index is 692. The number of hydrogen-bond acceptors (Lipinski definition) is 4. The van der Waals surface area contributed by atoms with E-state index >= 15 is 0 Å². The van der Waals surface area contributed by atoms with Crippen molar-refractivity contribution in [3.05, 3.63) is 30.4 Å². The van der Waals surface area contributed by atoms with Crippen molar-refractivity contribution in [3.63, 3.8) is 0 Å². The topological polar surface area (TPSA) is 77.5 Å². The Hall–Kier alpha value is -1.56. The number of anilines is 1. The van der Waals surface area contributed by atoms with Crippen LogP contribution < -0.4 is 5.73 Å². The highest BCUT2D eigenvalue weighted by Gasteiger charge is 2.24. The first-order valence-electron chi connectivity index (χ1n) is 6.45. The van der Waals surface area contributed by atoms with Crippen molar-refractivity contribution in [3.8, 4) is 0 Å². The predicted octanol–water partition coefficient (Wildman–Crippen LogP) is 1.28. The van der Waals surface area contributed by atoms with Crippen LogP contribution in [0.3, 0.4) is 0 Å². The molecule has 5 nitrogen and oxygen atoms in total. The molecule has 0 aromatic carbocycles. The molecule has 0 radical (unpaired) electrons. The lowest BCUT2D eigenvalue weighted by atomic mass is 9.98. The quantitative estimate of drug-likeness (QED) is 0.898. The molecule has 0 bridgehead atoms. The van der Waals surface area contributed by atoms with Crippen molar-refractivity contribution in [2.24, 2.45) is 5.92 Å². The van der Waals surface area contributed by atoms with Gasteiger partial charge in [0.2, 0.25) is 0 Å². The molecule has 3 heterocycles. The van der Waals surface area contributed by atoms with Crippen molar-refractivity contribution in [2.75, 3.05) is 17.2 Å². The van der Waals surface area contributed by atoms with E-state index in [9.17, 15) is 8.42 Å². The number of nitrogen functional groups attached to an aromatic ring is 1. The summed E-state index contributed by atoms with van der Waals surface area (Å²) in [6, 6.07) is 3.80. The lowest BCUT2D eigenvalue weighted by Crippen LogP contribution is -2.25. The third-order valence-electron chi connectivity index (χ3n) is 3.77. The maximum absolute atomic E-state index is 11.4. The molecule has 6 heteroatoms. The molecule has 3 rings (SSSR count). The normalized spacial score (nSPS) is 19.8. The zero-order valence-corrected chi connectivity index (χ0v) is 11.4. The Morgan fingerprint density at radius 2 is 2.05 bits per heavy atom. The third kappa shape index (κ3) is 2.58. The van der Waals surface area contributed by atoms with E-state index in [4.69, 9.17) is 5.73 Å². The van der Waals surface area contributed by atoms with Gasteiger partial charge >= 0.3 is 0 Å². The maximum atomic E-state index is 11.4. The summed E-state index contributed by atoms with van der Waals surface area (Å²) in [6.45, 7) is 0. The summed E-state index contributed by atoms with van der Waals surface area (Å²) >= 11 is 0. The highest BCUT2D eigenvalue weighted by atomic mass is 32.2. The van der Waals surface area contributed by atoms with Gasteiger partial charge in [0.05, 0.1) is 23.2 Å². The second kappa shape index (κ2) is 4.52. The molecular weight excluding hydrogens is 262 g/mol. The number of sulfone groups is 1. The molecule has 0 atom stereocenters. The zero-order chi connectivity index (χ0) is 13.5. The lowest BCUT2D eigenvalue weighted by Gasteiger charge is -2.21. The first-order chi connectivity index (χ1) is 9.03. The van der Waals surface area contributed by atoms with Gasteiger partial charge in [0.1, 0.15) is 15.7 Å². The van der Waals surface area contributed by atoms with Crippen molar-refractivity contribution in [1.82, 2.24) is 9.38 Å². The van der Waals surface area contributed by atoms with Crippen LogP contribution in [0.1, 0.15) is 18.7 Å². The molecule has 2 N–H and O–H groups in total. The van der Waals surface area contributed by atoms with Crippen LogP contribution in [-0.4, -0.2) is 29.3 Å². The highest BCUT2D eigenvalue weighted by molar-refractivity contribution is 7.91. The van der Waals surface area contributed by atoms with Crippen LogP contribution in [0.5, 0.6) is 0 Å². The van der Waals surface area contributed by atoms with Gasteiger partial charge in [0, 0.05) is 18.3 Å². The highest BCUT2D eigenvalue weighted by Crippen LogP contribution is 2.23. The van der Waals surface area contributed by atoms with Gasteiger partial charge in [-0.15, -0.1) is 0 Å². The SMILES string of the molecule is Nc1ccc2cnc(CC3CCS(=O)(=O)CC3)n2c1. The molecule has 0 spiro atoms. The van der Waals surface area contributed by atoms with Crippen LogP contribution >= 0.6 is 0 Å². The van der Waals surface area contributed by atoms with E-state index in [2.05, 4.69) is 4.98 Å². The summed E-state index contributed by atoms with van der Waals surface area (Å²) in [5, 5.41) is 0. The largest absolute Gasteiger partial charge is 0.398 e. The number of imidazole rings is 1. The van der Waals surface area contributed by atoms with Crippen LogP contribution in [0.25, 0.3) is 5.52 Å². The Morgan fingerprint density at radius 3 is 2.79 bits per heavy atom. The third-order valence-corrected chi connectivity index (χ3v) is 5.49. The summed E-state index contributed by atoms with van der Waals surface area (Å²) in [5.74, 6) is 1.98. The van der Waals surface area contributed by atoms with E-state index in [1.807, 2.05) is 28.9 Å². The van der Waals surface area contributed by atoms with E-state index in [1.165, 1.54) is 0 Å². The maximum Gasteiger partial charge on any atom is 0.150 e. The molecule has 0 saturated carbocycles. The van der Waals surface area contributed by atoms with Gasteiger partial charge in [-0.05, 0) is 30.9 Å². The molecule has 0 unspecified atom stereocenters. The van der Waals surface area contributed by atoms with Crippen molar-refractivity contribution in [2.45, 2.75) is 19.3 Å². The minimum atomic E-state index is -2.79. The van der Waals surface area contributed by atoms with Crippen LogP contribution in [-0.2, 0) is 16.3 Å². The van der Waals surface area contributed by atoms with Crippen molar-refractivity contribution < 1.29 is 8.42 Å². The van der Waals surface area contributed by atoms with Gasteiger partial charge in [-0.2, -0.15) is 0 Å². The number of hydrogen-bond donors (Lipinski definition) is 1. The molecule has 102 valence electrons. The smallest absolute Gasteiger partial charge is 0.150 e. The molecule has 1 aliphatic heterocycles. The van der Waals surface area contributed by atoms with E-state index in [0.29, 0.717) is 23.1 Å². The fourth-order valence-electron chi connectivity index (χ4n) is 2.61. The molecule has 2 aromatic heterocycles. The summed E-state index contributed by atoms with van der Waals surface area (Å²) in [5.41, 5.74) is 7.52. The lowest BCUT2D eigenvalue weighted by molar-refractivity contribution is 0.453. The zero-order valence-electron chi connectivity index (χ0n) is 10.6. The first kappa shape index (κ1) is 12.5. The van der Waals surface area contributed by atoms with Gasteiger partial charge in [-0.1, -0.05) is 0 Å². The fraction of sp³-hybridized carbons (Fsp3) is 0.462. The van der Waals surface area contributed by atoms with Crippen molar-refractivity contribution >= 4 is 21.0 Å². The summed E-state index contributed by atoms with van der Waals surface area (Å²) in [6.07, 6.45) is 5.98. The van der Waals surface area contributed by atoms with Gasteiger partial charge in [0.25, 0.3) is 0 Å². The van der Waals surface area contributed by atoms with Crippen LogP contribution in [0.15, 0.2) is 24.5 Å². The summed E-state index contributed by atoms with van der Waals surface area (Å²) < 4.78 is 24.8. The molecule has 1 aliphatic rings. The first-order valence-corrected chi connectivity index (χ1v) is 8.27. The minimum absolute atomic E-state index is 0.309. The minimum Gasteiger partial charge on any atom is -0.398 e. The number of aromatic nitrogens is 2. The summed E-state index contributed by atoms with van der Waals surface area (Å²) in [7, 11) is -2.79. The Labute approximate surface area is 112 Å². The molecule has 1 fully saturated rings. The molecule has 2 aromatic rings. The van der Waals surface area contributed by atoms with Gasteiger partial charge in [-0.25, -0.2) is 13.4 Å². The standard InChI is InChI=1S/C13H17N3O2S/c14-11-1-2-12-8-15-13(16(12)9-11)7-10-3-5-19(17,18)6-4-10/h1-2,8-10H,3-7,14H2. The number of nitrogens with two attached hydrogens (primary N) is 1. The second-order valence-electron chi connectivity index (χ2n) is 5.23. The Kier molecular flexibility index (Phi) is 2.97. The van der Waals surface area contributed by atoms with E-state index in [-0.39, 0.29) is 0 Å². The van der Waals surface area contributed by atoms with Gasteiger partial charge in [-0.3, -0.25) is 0 Å². The average Bonchev–Trinajstić information content (AvgIpc) is 2.75. The fourth-order valence-corrected chi connectivity index (χ4v) is 4.20. The van der Waals surface area contributed by atoms with Gasteiger partial charge in [0.15, 0.2) is 0 Å². The van der Waals surface area contributed by atoms with Gasteiger partial charge < -0.3 is 10.1 Å². The molecular formula is C13H17N3O2S. The van der Waals surface area contributed by atoms with Crippen LogP contribution in [0.4, 0.5) is 5.69 Å². The average molecular weight is 279 g/mol. The monoisotopic (exact) mass is 279 g/mol. The van der Waals surface area contributed by atoms with Crippen molar-refractivity contribution in [1.29, 1.82) is 0 Å². The van der Waals surface area contributed by atoms with E-state index < -0.39 is 9.84 Å². The van der Waals surface area contributed by atoms with Crippen LogP contribution in [0.2, 0.25) is 0 Å². The second-order valence-corrected chi connectivity index (χ2v) is 7.53. The molecule has 19 heavy (non-hydrogen) atoms. The molecule has 1 saturated heterocycles. The van der Waals surface area contributed by atoms with Crippen LogP contribution in [0, 0.1) is 5.92 Å². The number of fused-ring (bicyclic) bond motifs is 1. The molecule has 0 aliphatic carbocycles. The summed E-state index contributed by atoms with van der Waals surface area (Å²) in [4.78, 5) is 4.42. The number of pyridine rings is 1. The Balaban J connectivity index is 1.80. The number of nitrogens with zero attached hydrogens (tertiary/aromatic N) is 2.